The number of imidazole rings is 1. The van der Waals surface area contributed by atoms with Crippen LogP contribution in [0, 0.1) is 0 Å². The summed E-state index contributed by atoms with van der Waals surface area (Å²) in [5.41, 5.74) is 2.11. The van der Waals surface area contributed by atoms with Gasteiger partial charge in [-0.15, -0.1) is 0 Å². The molecule has 0 spiro atoms. The Hall–Kier alpha value is -0.870. The number of hydrogen-bond acceptors (Lipinski definition) is 3. The van der Waals surface area contributed by atoms with Gasteiger partial charge in [-0.2, -0.15) is 0 Å². The molecule has 1 aromatic carbocycles. The zero-order chi connectivity index (χ0) is 14.2. The molecule has 0 atom stereocenters. The number of fused-ring (bicyclic) bond motifs is 1. The predicted molar refractivity (Wildman–Crippen MR) is 93.6 cm³/mol. The maximum atomic E-state index is 5.51. The minimum atomic E-state index is 0.909. The van der Waals surface area contributed by atoms with Crippen LogP contribution in [-0.2, 0) is 0 Å². The molecule has 0 saturated carbocycles. The fraction of sp³-hybridized carbons (Fsp3) is 0.500. The summed E-state index contributed by atoms with van der Waals surface area (Å²) in [4.78, 5) is 4.38. The lowest BCUT2D eigenvalue weighted by atomic mass is 10.1. The minimum Gasteiger partial charge on any atom is -0.284 e. The standard InChI is InChI=1S/C16H22N2S2/c1-2-3-4-5-6-9-12-20-16(19)18-13-17-14-10-7-8-11-15(14)18/h7-8,10-11,13H,2-6,9,12H2,1H3. The second-order valence-electron chi connectivity index (χ2n) is 4.99. The highest BCUT2D eigenvalue weighted by atomic mass is 32.2. The van der Waals surface area contributed by atoms with Gasteiger partial charge in [0.05, 0.1) is 11.0 Å². The van der Waals surface area contributed by atoms with Crippen LogP contribution in [0.3, 0.4) is 0 Å². The highest BCUT2D eigenvalue weighted by Crippen LogP contribution is 2.18. The monoisotopic (exact) mass is 306 g/mol. The summed E-state index contributed by atoms with van der Waals surface area (Å²) in [6.45, 7) is 2.25. The van der Waals surface area contributed by atoms with Crippen LogP contribution in [-0.4, -0.2) is 19.6 Å². The van der Waals surface area contributed by atoms with E-state index in [1.54, 1.807) is 11.8 Å². The molecule has 4 heteroatoms. The Morgan fingerprint density at radius 2 is 1.90 bits per heavy atom. The molecule has 20 heavy (non-hydrogen) atoms. The van der Waals surface area contributed by atoms with Crippen LogP contribution in [0.2, 0.25) is 0 Å². The first-order valence-electron chi connectivity index (χ1n) is 7.42. The van der Waals surface area contributed by atoms with Crippen molar-refractivity contribution >= 4 is 39.3 Å². The van der Waals surface area contributed by atoms with Crippen LogP contribution < -0.4 is 0 Å². The molecule has 0 aliphatic carbocycles. The third-order valence-electron chi connectivity index (χ3n) is 3.37. The van der Waals surface area contributed by atoms with Gasteiger partial charge in [0, 0.05) is 5.75 Å². The summed E-state index contributed by atoms with van der Waals surface area (Å²) in [5, 5.41) is 0. The molecule has 108 valence electrons. The zero-order valence-electron chi connectivity index (χ0n) is 12.0. The summed E-state index contributed by atoms with van der Waals surface area (Å²) < 4.78 is 2.93. The summed E-state index contributed by atoms with van der Waals surface area (Å²) in [6.07, 6.45) is 9.81. The van der Waals surface area contributed by atoms with Crippen molar-refractivity contribution in [3.05, 3.63) is 30.6 Å². The van der Waals surface area contributed by atoms with Crippen molar-refractivity contribution < 1.29 is 0 Å². The third kappa shape index (κ3) is 4.32. The maximum Gasteiger partial charge on any atom is 0.146 e. The average molecular weight is 307 g/mol. The fourth-order valence-electron chi connectivity index (χ4n) is 2.22. The Kier molecular flexibility index (Phi) is 6.54. The van der Waals surface area contributed by atoms with Crippen molar-refractivity contribution in [2.24, 2.45) is 0 Å². The lowest BCUT2D eigenvalue weighted by molar-refractivity contribution is 0.627. The molecule has 0 bridgehead atoms. The van der Waals surface area contributed by atoms with E-state index in [9.17, 15) is 0 Å². The summed E-state index contributed by atoms with van der Waals surface area (Å²) in [6, 6.07) is 8.13. The van der Waals surface area contributed by atoms with Gasteiger partial charge >= 0.3 is 0 Å². The lowest BCUT2D eigenvalue weighted by Crippen LogP contribution is -2.03. The van der Waals surface area contributed by atoms with Crippen molar-refractivity contribution in [1.29, 1.82) is 0 Å². The predicted octanol–water partition coefficient (Wildman–Crippen LogP) is 5.26. The van der Waals surface area contributed by atoms with Crippen LogP contribution in [0.5, 0.6) is 0 Å². The molecule has 0 unspecified atom stereocenters. The van der Waals surface area contributed by atoms with Gasteiger partial charge in [0.25, 0.3) is 0 Å². The van der Waals surface area contributed by atoms with Crippen LogP contribution in [0.1, 0.15) is 45.4 Å². The minimum absolute atomic E-state index is 0.909. The Bertz CT molecular complexity index is 548. The largest absolute Gasteiger partial charge is 0.284 e. The Labute approximate surface area is 131 Å². The molecule has 0 aliphatic heterocycles. The second-order valence-corrected chi connectivity index (χ2v) is 6.71. The number of thioether (sulfide) groups is 1. The topological polar surface area (TPSA) is 17.8 Å². The van der Waals surface area contributed by atoms with E-state index in [0.29, 0.717) is 0 Å². The summed E-state index contributed by atoms with van der Waals surface area (Å²) in [5.74, 6) is 1.11. The zero-order valence-corrected chi connectivity index (χ0v) is 13.7. The SMILES string of the molecule is CCCCCCCCSC(=S)n1cnc2ccccc21. The lowest BCUT2D eigenvalue weighted by Gasteiger charge is -2.05. The van der Waals surface area contributed by atoms with E-state index in [1.165, 1.54) is 38.5 Å². The smallest absolute Gasteiger partial charge is 0.146 e. The average Bonchev–Trinajstić information content (AvgIpc) is 2.90. The van der Waals surface area contributed by atoms with Gasteiger partial charge < -0.3 is 0 Å². The first-order valence-corrected chi connectivity index (χ1v) is 8.81. The molecular weight excluding hydrogens is 284 g/mol. The normalized spacial score (nSPS) is 11.1. The number of benzene rings is 1. The van der Waals surface area contributed by atoms with Crippen molar-refractivity contribution in [2.45, 2.75) is 45.4 Å². The van der Waals surface area contributed by atoms with E-state index in [4.69, 9.17) is 12.2 Å². The van der Waals surface area contributed by atoms with Crippen LogP contribution >= 0.6 is 24.0 Å². The van der Waals surface area contributed by atoms with Gasteiger partial charge in [-0.3, -0.25) is 4.57 Å². The second kappa shape index (κ2) is 8.42. The van der Waals surface area contributed by atoms with Crippen LogP contribution in [0.15, 0.2) is 30.6 Å². The molecule has 0 N–H and O–H groups in total. The van der Waals surface area contributed by atoms with Crippen molar-refractivity contribution in [2.75, 3.05) is 5.75 Å². The van der Waals surface area contributed by atoms with E-state index in [2.05, 4.69) is 18.0 Å². The van der Waals surface area contributed by atoms with Gasteiger partial charge in [-0.25, -0.2) is 4.98 Å². The maximum absolute atomic E-state index is 5.51. The Morgan fingerprint density at radius 3 is 2.75 bits per heavy atom. The highest BCUT2D eigenvalue weighted by Gasteiger charge is 2.06. The van der Waals surface area contributed by atoms with Gasteiger partial charge in [-0.05, 0) is 18.6 Å². The number of aromatic nitrogens is 2. The van der Waals surface area contributed by atoms with Crippen molar-refractivity contribution in [3.8, 4) is 0 Å². The highest BCUT2D eigenvalue weighted by molar-refractivity contribution is 8.23. The molecule has 1 heterocycles. The number of rotatable bonds is 7. The molecule has 0 aliphatic rings. The van der Waals surface area contributed by atoms with Gasteiger partial charge in [0.15, 0.2) is 0 Å². The number of unbranched alkanes of at least 4 members (excludes halogenated alkanes) is 5. The van der Waals surface area contributed by atoms with E-state index in [1.807, 2.05) is 29.1 Å². The van der Waals surface area contributed by atoms with Gasteiger partial charge in [0.1, 0.15) is 10.6 Å². The quantitative estimate of drug-likeness (QED) is 0.513. The molecule has 0 fully saturated rings. The third-order valence-corrected chi connectivity index (χ3v) is 4.86. The van der Waals surface area contributed by atoms with E-state index >= 15 is 0 Å². The number of thiocarbonyl (C=S) groups is 1. The summed E-state index contributed by atoms with van der Waals surface area (Å²) >= 11 is 7.27. The molecule has 0 saturated heterocycles. The van der Waals surface area contributed by atoms with E-state index in [-0.39, 0.29) is 0 Å². The van der Waals surface area contributed by atoms with Gasteiger partial charge in [0.2, 0.25) is 0 Å². The molecule has 0 radical (unpaired) electrons. The van der Waals surface area contributed by atoms with Crippen molar-refractivity contribution in [1.82, 2.24) is 9.55 Å². The number of nitrogens with zero attached hydrogens (tertiary/aromatic N) is 2. The first-order chi connectivity index (χ1) is 9.83. The van der Waals surface area contributed by atoms with Gasteiger partial charge in [-0.1, -0.05) is 75.1 Å². The fourth-order valence-corrected chi connectivity index (χ4v) is 3.42. The van der Waals surface area contributed by atoms with E-state index < -0.39 is 0 Å². The summed E-state index contributed by atoms with van der Waals surface area (Å²) in [7, 11) is 0. The Balaban J connectivity index is 1.75. The van der Waals surface area contributed by atoms with E-state index in [0.717, 1.165) is 21.1 Å². The molecule has 2 rings (SSSR count). The van der Waals surface area contributed by atoms with Crippen molar-refractivity contribution in [3.63, 3.8) is 0 Å². The van der Waals surface area contributed by atoms with Crippen LogP contribution in [0.4, 0.5) is 0 Å². The molecule has 0 amide bonds. The number of para-hydroxylation sites is 2. The number of hydrogen-bond donors (Lipinski definition) is 0. The molecule has 2 aromatic rings. The molecular formula is C16H22N2S2. The first kappa shape index (κ1) is 15.5. The molecule has 1 aromatic heterocycles. The molecule has 2 nitrogen and oxygen atoms in total. The Morgan fingerprint density at radius 1 is 1.15 bits per heavy atom. The van der Waals surface area contributed by atoms with Crippen LogP contribution in [0.25, 0.3) is 11.0 Å².